The minimum atomic E-state index is -1.41. The second kappa shape index (κ2) is 19.3. The Labute approximate surface area is 371 Å². The highest BCUT2D eigenvalue weighted by Crippen LogP contribution is 2.32. The summed E-state index contributed by atoms with van der Waals surface area (Å²) in [5.41, 5.74) is 7.86. The molecule has 1 spiro atoms. The number of nitrogens with zero attached hydrogens (tertiary/aromatic N) is 2. The van der Waals surface area contributed by atoms with Crippen LogP contribution in [-0.4, -0.2) is 112 Å². The molecule has 4 aromatic rings. The largest absolute Gasteiger partial charge is 0.372 e. The number of amides is 6. The maximum atomic E-state index is 14.8. The van der Waals surface area contributed by atoms with E-state index in [2.05, 4.69) is 26.3 Å². The maximum absolute atomic E-state index is 14.8. The van der Waals surface area contributed by atoms with Crippen LogP contribution in [0.5, 0.6) is 0 Å². The minimum Gasteiger partial charge on any atom is -0.372 e. The summed E-state index contributed by atoms with van der Waals surface area (Å²) < 4.78 is 6.33. The molecule has 3 aliphatic heterocycles. The van der Waals surface area contributed by atoms with Crippen molar-refractivity contribution < 1.29 is 33.5 Å². The smallest absolute Gasteiger partial charge is 0.246 e. The Kier molecular flexibility index (Phi) is 13.4. The van der Waals surface area contributed by atoms with Crippen molar-refractivity contribution in [1.29, 1.82) is 0 Å². The van der Waals surface area contributed by atoms with Crippen LogP contribution in [-0.2, 0) is 53.0 Å². The van der Waals surface area contributed by atoms with E-state index in [1.54, 1.807) is 30.5 Å². The number of H-pyrrole nitrogens is 1. The SMILES string of the molecule is NCC[C@@H]1NC(=O)[C@H](Cc2ccc(Cl)cc2)NC(=O)C2(CCCC2)NC(=O)[C@H](Cc2c[nH]c3ccccc23)NC(=O)[C@H]2C[C@H](OCc3ccccc3)CN2C(=O)[C@H]2CCCN2C1=O. The molecule has 332 valence electrons. The van der Waals surface area contributed by atoms with E-state index in [1.807, 2.05) is 54.6 Å². The summed E-state index contributed by atoms with van der Waals surface area (Å²) in [7, 11) is 0. The third-order valence-electron chi connectivity index (χ3n) is 13.0. The fourth-order valence-electron chi connectivity index (χ4n) is 9.64. The highest BCUT2D eigenvalue weighted by Gasteiger charge is 2.49. The van der Waals surface area contributed by atoms with Gasteiger partial charge in [-0.05, 0) is 73.5 Å². The lowest BCUT2D eigenvalue weighted by Crippen LogP contribution is -2.65. The molecule has 1 aromatic heterocycles. The molecule has 6 atom stereocenters. The Balaban J connectivity index is 1.17. The molecule has 3 aromatic carbocycles. The van der Waals surface area contributed by atoms with Gasteiger partial charge in [0.25, 0.3) is 0 Å². The van der Waals surface area contributed by atoms with Crippen molar-refractivity contribution in [2.24, 2.45) is 5.73 Å². The van der Waals surface area contributed by atoms with Gasteiger partial charge in [-0.25, -0.2) is 0 Å². The number of halogens is 1. The Morgan fingerprint density at radius 1 is 0.714 bits per heavy atom. The van der Waals surface area contributed by atoms with Crippen LogP contribution in [0.4, 0.5) is 0 Å². The van der Waals surface area contributed by atoms with E-state index in [1.165, 1.54) is 9.80 Å². The fraction of sp³-hybridized carbons (Fsp3) is 0.447. The second-order valence-electron chi connectivity index (χ2n) is 17.2. The Morgan fingerprint density at radius 3 is 2.19 bits per heavy atom. The van der Waals surface area contributed by atoms with Crippen molar-refractivity contribution in [3.05, 3.63) is 107 Å². The normalized spacial score (nSPS) is 25.9. The Morgan fingerprint density at radius 2 is 1.43 bits per heavy atom. The van der Waals surface area contributed by atoms with Crippen molar-refractivity contribution in [2.75, 3.05) is 19.6 Å². The van der Waals surface area contributed by atoms with Crippen LogP contribution in [0.15, 0.2) is 85.1 Å². The number of carbonyl (C=O) groups excluding carboxylic acids is 6. The number of hydrogen-bond donors (Lipinski definition) is 6. The predicted molar refractivity (Wildman–Crippen MR) is 236 cm³/mol. The lowest BCUT2D eigenvalue weighted by atomic mass is 9.93. The fourth-order valence-corrected chi connectivity index (χ4v) is 9.77. The summed E-state index contributed by atoms with van der Waals surface area (Å²) in [6.07, 6.45) is 4.35. The van der Waals surface area contributed by atoms with Crippen LogP contribution in [0.25, 0.3) is 10.9 Å². The number of benzene rings is 3. The maximum Gasteiger partial charge on any atom is 0.246 e. The third-order valence-corrected chi connectivity index (χ3v) is 13.3. The molecular formula is C47H55ClN8O7. The van der Waals surface area contributed by atoms with Crippen LogP contribution in [0.2, 0.25) is 5.02 Å². The number of aromatic amines is 1. The average molecular weight is 879 g/mol. The van der Waals surface area contributed by atoms with Gasteiger partial charge in [0.05, 0.1) is 12.7 Å². The number of ether oxygens (including phenoxy) is 1. The van der Waals surface area contributed by atoms with Gasteiger partial charge in [0, 0.05) is 54.5 Å². The molecule has 1 aliphatic carbocycles. The first kappa shape index (κ1) is 43.9. The molecule has 4 fully saturated rings. The van der Waals surface area contributed by atoms with Crippen LogP contribution in [0.1, 0.15) is 68.1 Å². The van der Waals surface area contributed by atoms with Gasteiger partial charge in [-0.3, -0.25) is 28.8 Å². The van der Waals surface area contributed by atoms with E-state index in [9.17, 15) is 28.8 Å². The van der Waals surface area contributed by atoms with E-state index < -0.39 is 77.3 Å². The van der Waals surface area contributed by atoms with Gasteiger partial charge in [0.1, 0.15) is 35.7 Å². The third kappa shape index (κ3) is 9.75. The van der Waals surface area contributed by atoms with Gasteiger partial charge < -0.3 is 46.5 Å². The standard InChI is InChI=1S/C47H55ClN8O7/c48-32-16-14-29(15-17-32)23-37-41(57)51-36(18-21-49)44(60)55-22-8-13-39(55)45(61)56-27-33(63-28-30-9-2-1-3-10-30)25-40(56)43(59)52-38(24-31-26-50-35-12-5-4-11-34(31)35)42(58)54-47(46(62)53-37)19-6-7-20-47/h1-5,9-12,14-17,26,33,36-40,50H,6-8,13,18-25,27-28,49H2,(H,51,57)(H,52,59)(H,53,62)(H,54,58)/t33-,36-,37-,38-,39+,40+/m0/s1. The number of nitrogens with two attached hydrogens (primary N) is 1. The highest BCUT2D eigenvalue weighted by molar-refractivity contribution is 6.30. The number of para-hydroxylation sites is 1. The number of rotatable bonds is 9. The van der Waals surface area contributed by atoms with Crippen molar-refractivity contribution in [1.82, 2.24) is 36.1 Å². The molecule has 0 bridgehead atoms. The monoisotopic (exact) mass is 878 g/mol. The number of hydrogen-bond acceptors (Lipinski definition) is 8. The van der Waals surface area contributed by atoms with Gasteiger partial charge in [0.15, 0.2) is 0 Å². The molecule has 63 heavy (non-hydrogen) atoms. The van der Waals surface area contributed by atoms with E-state index in [0.29, 0.717) is 49.1 Å². The van der Waals surface area contributed by atoms with Crippen molar-refractivity contribution in [3.63, 3.8) is 0 Å². The van der Waals surface area contributed by atoms with E-state index in [4.69, 9.17) is 22.1 Å². The van der Waals surface area contributed by atoms with Crippen LogP contribution >= 0.6 is 11.6 Å². The number of aromatic nitrogens is 1. The lowest BCUT2D eigenvalue weighted by Gasteiger charge is -2.35. The molecule has 0 unspecified atom stereocenters. The molecule has 6 amide bonds. The molecule has 7 N–H and O–H groups in total. The molecule has 1 saturated carbocycles. The van der Waals surface area contributed by atoms with Gasteiger partial charge >= 0.3 is 0 Å². The quantitative estimate of drug-likeness (QED) is 0.147. The number of nitrogens with one attached hydrogen (secondary N) is 5. The van der Waals surface area contributed by atoms with E-state index >= 15 is 0 Å². The van der Waals surface area contributed by atoms with E-state index in [-0.39, 0.29) is 51.9 Å². The zero-order valence-electron chi connectivity index (χ0n) is 35.2. The van der Waals surface area contributed by atoms with Crippen molar-refractivity contribution in [2.45, 2.75) is 113 Å². The summed E-state index contributed by atoms with van der Waals surface area (Å²) in [5.74, 6) is -3.18. The zero-order chi connectivity index (χ0) is 44.1. The van der Waals surface area contributed by atoms with Crippen LogP contribution in [0, 0.1) is 0 Å². The lowest BCUT2D eigenvalue weighted by molar-refractivity contribution is -0.148. The second-order valence-corrected chi connectivity index (χ2v) is 17.7. The molecule has 0 radical (unpaired) electrons. The first-order valence-corrected chi connectivity index (χ1v) is 22.4. The minimum absolute atomic E-state index is 0.0518. The van der Waals surface area contributed by atoms with E-state index in [0.717, 1.165) is 22.0 Å². The highest BCUT2D eigenvalue weighted by atomic mass is 35.5. The van der Waals surface area contributed by atoms with Crippen molar-refractivity contribution in [3.8, 4) is 0 Å². The molecule has 4 heterocycles. The average Bonchev–Trinajstić information content (AvgIpc) is 4.13. The summed E-state index contributed by atoms with van der Waals surface area (Å²) >= 11 is 6.19. The molecular weight excluding hydrogens is 824 g/mol. The topological polar surface area (TPSA) is 208 Å². The number of fused-ring (bicyclic) bond motifs is 3. The van der Waals surface area contributed by atoms with Gasteiger partial charge in [-0.2, -0.15) is 0 Å². The molecule has 16 heteroatoms. The van der Waals surface area contributed by atoms with Crippen molar-refractivity contribution >= 4 is 57.9 Å². The predicted octanol–water partition coefficient (Wildman–Crippen LogP) is 3.03. The summed E-state index contributed by atoms with van der Waals surface area (Å²) in [5, 5.41) is 13.3. The van der Waals surface area contributed by atoms with Crippen LogP contribution < -0.4 is 27.0 Å². The Hall–Kier alpha value is -5.77. The first-order valence-electron chi connectivity index (χ1n) is 22.0. The summed E-state index contributed by atoms with van der Waals surface area (Å²) in [6.45, 7) is 0.650. The number of carbonyl (C=O) groups is 6. The Bertz CT molecular complexity index is 2320. The van der Waals surface area contributed by atoms with Gasteiger partial charge in [-0.15, -0.1) is 0 Å². The molecule has 8 rings (SSSR count). The summed E-state index contributed by atoms with van der Waals surface area (Å²) in [6, 6.07) is 18.7. The molecule has 15 nitrogen and oxygen atoms in total. The molecule has 3 saturated heterocycles. The first-order chi connectivity index (χ1) is 30.5. The zero-order valence-corrected chi connectivity index (χ0v) is 35.9. The van der Waals surface area contributed by atoms with Gasteiger partial charge in [-0.1, -0.05) is 85.1 Å². The summed E-state index contributed by atoms with van der Waals surface area (Å²) in [4.78, 5) is 94.2. The molecule has 4 aliphatic rings. The van der Waals surface area contributed by atoms with Gasteiger partial charge in [0.2, 0.25) is 35.4 Å². The van der Waals surface area contributed by atoms with Crippen LogP contribution in [0.3, 0.4) is 0 Å².